The summed E-state index contributed by atoms with van der Waals surface area (Å²) in [7, 11) is 1.16. The highest BCUT2D eigenvalue weighted by molar-refractivity contribution is 5.94. The molecule has 1 N–H and O–H groups in total. The second-order valence-electron chi connectivity index (χ2n) is 5.54. The van der Waals surface area contributed by atoms with Crippen molar-refractivity contribution < 1.29 is 24.0 Å². The van der Waals surface area contributed by atoms with Crippen LogP contribution in [0.4, 0.5) is 16.2 Å². The second kappa shape index (κ2) is 6.42. The van der Waals surface area contributed by atoms with Crippen LogP contribution in [0, 0.1) is 17.0 Å². The van der Waals surface area contributed by atoms with Gasteiger partial charge in [0.15, 0.2) is 0 Å². The molecular weight excluding hydrogens is 292 g/mol. The van der Waals surface area contributed by atoms with E-state index in [1.807, 2.05) is 0 Å². The van der Waals surface area contributed by atoms with Gasteiger partial charge in [-0.05, 0) is 33.8 Å². The molecule has 8 heteroatoms. The Labute approximate surface area is 127 Å². The number of rotatable bonds is 3. The topological polar surface area (TPSA) is 108 Å². The Morgan fingerprint density at radius 1 is 1.27 bits per heavy atom. The van der Waals surface area contributed by atoms with E-state index in [0.29, 0.717) is 0 Å². The fraction of sp³-hybridized carbons (Fsp3) is 0.429. The average molecular weight is 310 g/mol. The third-order valence-corrected chi connectivity index (χ3v) is 2.63. The molecule has 0 aromatic heterocycles. The van der Waals surface area contributed by atoms with Crippen molar-refractivity contribution in [1.29, 1.82) is 0 Å². The van der Waals surface area contributed by atoms with Crippen LogP contribution in [0.25, 0.3) is 0 Å². The number of amides is 1. The third-order valence-electron chi connectivity index (χ3n) is 2.63. The van der Waals surface area contributed by atoms with E-state index < -0.39 is 22.6 Å². The van der Waals surface area contributed by atoms with E-state index in [-0.39, 0.29) is 22.5 Å². The van der Waals surface area contributed by atoms with Crippen molar-refractivity contribution in [1.82, 2.24) is 0 Å². The lowest BCUT2D eigenvalue weighted by Gasteiger charge is -2.20. The van der Waals surface area contributed by atoms with Gasteiger partial charge in [-0.3, -0.25) is 15.4 Å². The molecule has 120 valence electrons. The molecule has 0 aliphatic carbocycles. The number of ether oxygens (including phenoxy) is 2. The van der Waals surface area contributed by atoms with Crippen molar-refractivity contribution >= 4 is 23.4 Å². The Balaban J connectivity index is 3.22. The number of carbonyl (C=O) groups excluding carboxylic acids is 2. The van der Waals surface area contributed by atoms with Gasteiger partial charge >= 0.3 is 12.1 Å². The average Bonchev–Trinajstić information content (AvgIpc) is 2.37. The zero-order valence-corrected chi connectivity index (χ0v) is 13.1. The Hall–Kier alpha value is -2.64. The molecule has 0 spiro atoms. The Kier molecular flexibility index (Phi) is 5.08. The summed E-state index contributed by atoms with van der Waals surface area (Å²) in [5.41, 5.74) is -0.726. The van der Waals surface area contributed by atoms with Gasteiger partial charge < -0.3 is 9.47 Å². The maximum atomic E-state index is 11.8. The highest BCUT2D eigenvalue weighted by Crippen LogP contribution is 2.28. The minimum absolute atomic E-state index is 0.0362. The first-order valence-electron chi connectivity index (χ1n) is 6.42. The lowest BCUT2D eigenvalue weighted by atomic mass is 10.1. The lowest BCUT2D eigenvalue weighted by Crippen LogP contribution is -2.27. The van der Waals surface area contributed by atoms with Gasteiger partial charge in [0.2, 0.25) is 0 Å². The monoisotopic (exact) mass is 310 g/mol. The maximum Gasteiger partial charge on any atom is 0.412 e. The minimum atomic E-state index is -0.771. The van der Waals surface area contributed by atoms with E-state index in [2.05, 4.69) is 10.1 Å². The number of nitro groups is 1. The van der Waals surface area contributed by atoms with Crippen LogP contribution >= 0.6 is 0 Å². The molecule has 0 aliphatic rings. The van der Waals surface area contributed by atoms with E-state index in [0.717, 1.165) is 13.2 Å². The number of methoxy groups -OCH3 is 1. The molecule has 1 aromatic carbocycles. The molecule has 0 fully saturated rings. The molecule has 0 saturated carbocycles. The van der Waals surface area contributed by atoms with Crippen LogP contribution < -0.4 is 5.32 Å². The molecule has 22 heavy (non-hydrogen) atoms. The normalized spacial score (nSPS) is 10.8. The number of hydrogen-bond donors (Lipinski definition) is 1. The molecule has 0 radical (unpaired) electrons. The smallest absolute Gasteiger partial charge is 0.412 e. The summed E-state index contributed by atoms with van der Waals surface area (Å²) in [6, 6.07) is 2.40. The van der Waals surface area contributed by atoms with E-state index in [4.69, 9.17) is 4.74 Å². The molecular formula is C14H18N2O6. The number of nitrogens with zero attached hydrogens (tertiary/aromatic N) is 1. The fourth-order valence-corrected chi connectivity index (χ4v) is 1.67. The molecule has 0 aliphatic heterocycles. The summed E-state index contributed by atoms with van der Waals surface area (Å²) in [4.78, 5) is 33.8. The van der Waals surface area contributed by atoms with Crippen molar-refractivity contribution in [2.24, 2.45) is 0 Å². The van der Waals surface area contributed by atoms with E-state index >= 15 is 0 Å². The Morgan fingerprint density at radius 2 is 1.86 bits per heavy atom. The SMILES string of the molecule is COC(=O)c1cc(NC(=O)OC(C)(C)C)c(C)c([N+](=O)[O-])c1. The zero-order chi connectivity index (χ0) is 17.1. The first-order valence-corrected chi connectivity index (χ1v) is 6.42. The molecule has 0 bridgehead atoms. The van der Waals surface area contributed by atoms with Gasteiger partial charge in [-0.2, -0.15) is 0 Å². The van der Waals surface area contributed by atoms with Crippen molar-refractivity contribution in [3.63, 3.8) is 0 Å². The predicted octanol–water partition coefficient (Wildman–Crippen LogP) is 3.04. The van der Waals surface area contributed by atoms with Gasteiger partial charge in [0.1, 0.15) is 5.60 Å². The van der Waals surface area contributed by atoms with Crippen LogP contribution in [-0.4, -0.2) is 29.7 Å². The number of anilines is 1. The summed E-state index contributed by atoms with van der Waals surface area (Å²) in [6.07, 6.45) is -0.771. The molecule has 8 nitrogen and oxygen atoms in total. The number of hydrogen-bond acceptors (Lipinski definition) is 6. The lowest BCUT2D eigenvalue weighted by molar-refractivity contribution is -0.385. The summed E-state index contributed by atoms with van der Waals surface area (Å²) < 4.78 is 9.63. The molecule has 0 atom stereocenters. The van der Waals surface area contributed by atoms with Gasteiger partial charge in [0.25, 0.3) is 5.69 Å². The van der Waals surface area contributed by atoms with Crippen LogP contribution in [0.3, 0.4) is 0 Å². The van der Waals surface area contributed by atoms with E-state index in [9.17, 15) is 19.7 Å². The van der Waals surface area contributed by atoms with E-state index in [1.54, 1.807) is 20.8 Å². The highest BCUT2D eigenvalue weighted by Gasteiger charge is 2.22. The van der Waals surface area contributed by atoms with Crippen LogP contribution in [0.5, 0.6) is 0 Å². The predicted molar refractivity (Wildman–Crippen MR) is 79.0 cm³/mol. The first kappa shape index (κ1) is 17.4. The van der Waals surface area contributed by atoms with Crippen molar-refractivity contribution in [2.45, 2.75) is 33.3 Å². The first-order chi connectivity index (χ1) is 10.0. The van der Waals surface area contributed by atoms with Gasteiger partial charge in [-0.15, -0.1) is 0 Å². The number of benzene rings is 1. The van der Waals surface area contributed by atoms with Crippen molar-refractivity contribution in [2.75, 3.05) is 12.4 Å². The van der Waals surface area contributed by atoms with Crippen molar-refractivity contribution in [3.05, 3.63) is 33.4 Å². The highest BCUT2D eigenvalue weighted by atomic mass is 16.6. The summed E-state index contributed by atoms with van der Waals surface area (Å²) >= 11 is 0. The molecule has 1 amide bonds. The zero-order valence-electron chi connectivity index (χ0n) is 13.1. The summed E-state index contributed by atoms with van der Waals surface area (Å²) in [5.74, 6) is -0.740. The number of nitro benzene ring substituents is 1. The van der Waals surface area contributed by atoms with Gasteiger partial charge in [0, 0.05) is 6.07 Å². The molecule has 0 heterocycles. The number of esters is 1. The molecule has 1 rings (SSSR count). The second-order valence-corrected chi connectivity index (χ2v) is 5.54. The standard InChI is InChI=1S/C14H18N2O6/c1-8-10(15-13(18)22-14(2,3)4)6-9(12(17)21-5)7-11(8)16(19)20/h6-7H,1-5H3,(H,15,18). The maximum absolute atomic E-state index is 11.8. The largest absolute Gasteiger partial charge is 0.465 e. The third kappa shape index (κ3) is 4.44. The summed E-state index contributed by atoms with van der Waals surface area (Å²) in [5, 5.41) is 13.5. The van der Waals surface area contributed by atoms with Gasteiger partial charge in [-0.1, -0.05) is 0 Å². The summed E-state index contributed by atoms with van der Waals surface area (Å²) in [6.45, 7) is 6.53. The van der Waals surface area contributed by atoms with E-state index in [1.165, 1.54) is 13.0 Å². The molecule has 1 aromatic rings. The Morgan fingerprint density at radius 3 is 2.32 bits per heavy atom. The quantitative estimate of drug-likeness (QED) is 0.522. The number of carbonyl (C=O) groups is 2. The number of nitrogens with one attached hydrogen (secondary N) is 1. The Bertz CT molecular complexity index is 618. The van der Waals surface area contributed by atoms with Crippen LogP contribution in [0.2, 0.25) is 0 Å². The van der Waals surface area contributed by atoms with Crippen LogP contribution in [0.1, 0.15) is 36.7 Å². The van der Waals surface area contributed by atoms with Gasteiger partial charge in [-0.25, -0.2) is 9.59 Å². The molecule has 0 saturated heterocycles. The van der Waals surface area contributed by atoms with Gasteiger partial charge in [0.05, 0.1) is 28.8 Å². The fourth-order valence-electron chi connectivity index (χ4n) is 1.67. The molecule has 0 unspecified atom stereocenters. The van der Waals surface area contributed by atoms with Crippen molar-refractivity contribution in [3.8, 4) is 0 Å². The minimum Gasteiger partial charge on any atom is -0.465 e. The van der Waals surface area contributed by atoms with Crippen LogP contribution in [-0.2, 0) is 9.47 Å². The van der Waals surface area contributed by atoms with Crippen LogP contribution in [0.15, 0.2) is 12.1 Å².